The summed E-state index contributed by atoms with van der Waals surface area (Å²) in [5, 5.41) is 21.1. The molecule has 0 saturated heterocycles. The fourth-order valence-corrected chi connectivity index (χ4v) is 1.31. The number of nitrogens with one attached hydrogen (secondary N) is 1. The molecular formula is C12H16N2O5. The molecule has 1 heterocycles. The molecule has 0 spiro atoms. The zero-order valence-corrected chi connectivity index (χ0v) is 10.3. The van der Waals surface area contributed by atoms with E-state index >= 15 is 0 Å². The molecule has 0 saturated carbocycles. The second-order valence-electron chi connectivity index (χ2n) is 3.75. The summed E-state index contributed by atoms with van der Waals surface area (Å²) >= 11 is 0. The minimum absolute atomic E-state index is 0.00142. The normalized spacial score (nSPS) is 9.89. The zero-order chi connectivity index (χ0) is 14.3. The summed E-state index contributed by atoms with van der Waals surface area (Å²) < 4.78 is 0.611. The van der Waals surface area contributed by atoms with E-state index in [0.717, 1.165) is 0 Å². The van der Waals surface area contributed by atoms with Crippen molar-refractivity contribution >= 4 is 11.9 Å². The molecule has 0 atom stereocenters. The average molecular weight is 268 g/mol. The maximum atomic E-state index is 11.4. The molecule has 3 N–H and O–H groups in total. The van der Waals surface area contributed by atoms with Crippen molar-refractivity contribution in [3.63, 3.8) is 0 Å². The summed E-state index contributed by atoms with van der Waals surface area (Å²) in [4.78, 5) is 27.3. The summed E-state index contributed by atoms with van der Waals surface area (Å²) in [5.74, 6) is -1.60. The van der Waals surface area contributed by atoms with Gasteiger partial charge in [0.15, 0.2) is 0 Å². The number of carbonyl (C=O) groups is 2. The molecule has 1 aromatic heterocycles. The molecule has 104 valence electrons. The van der Waals surface area contributed by atoms with E-state index in [2.05, 4.69) is 11.9 Å². The third kappa shape index (κ3) is 4.74. The first-order valence-electron chi connectivity index (χ1n) is 5.73. The van der Waals surface area contributed by atoms with Gasteiger partial charge in [0.25, 0.3) is 0 Å². The van der Waals surface area contributed by atoms with Crippen LogP contribution in [0.2, 0.25) is 0 Å². The summed E-state index contributed by atoms with van der Waals surface area (Å²) in [6.45, 7) is 3.84. The fourth-order valence-electron chi connectivity index (χ4n) is 1.31. The molecular weight excluding hydrogens is 252 g/mol. The maximum absolute atomic E-state index is 11.4. The zero-order valence-electron chi connectivity index (χ0n) is 10.3. The number of carbonyl (C=O) groups excluding carboxylic acids is 2. The van der Waals surface area contributed by atoms with Crippen molar-refractivity contribution in [3.8, 4) is 11.8 Å². The predicted molar refractivity (Wildman–Crippen MR) is 66.4 cm³/mol. The van der Waals surface area contributed by atoms with Crippen LogP contribution in [0.4, 0.5) is 0 Å². The Morgan fingerprint density at radius 1 is 1.32 bits per heavy atom. The summed E-state index contributed by atoms with van der Waals surface area (Å²) in [7, 11) is 0. The number of amides is 1. The lowest BCUT2D eigenvalue weighted by atomic mass is 10.2. The number of rotatable bonds is 7. The molecule has 7 nitrogen and oxygen atoms in total. The number of hydrogen-bond donors (Lipinski definition) is 3. The van der Waals surface area contributed by atoms with Crippen molar-refractivity contribution in [3.05, 3.63) is 24.8 Å². The third-order valence-corrected chi connectivity index (χ3v) is 2.22. The van der Waals surface area contributed by atoms with Gasteiger partial charge in [-0.25, -0.2) is 4.79 Å². The van der Waals surface area contributed by atoms with Gasteiger partial charge in [-0.05, 0) is 6.42 Å². The first-order valence-corrected chi connectivity index (χ1v) is 5.73. The van der Waals surface area contributed by atoms with E-state index in [4.69, 9.17) is 4.84 Å². The standard InChI is InChI=1S/C12H16N2O5/c1-2-8-13-9(15)4-3-5-12(18)19-14-10(16)6-7-11(14)17/h2,6-7,16-17H,1,3-5,8H2,(H,13,15). The number of aromatic hydroxyl groups is 2. The van der Waals surface area contributed by atoms with Crippen LogP contribution in [0, 0.1) is 0 Å². The van der Waals surface area contributed by atoms with Crippen molar-refractivity contribution in [1.82, 2.24) is 10.0 Å². The molecule has 1 rings (SSSR count). The highest BCUT2D eigenvalue weighted by Crippen LogP contribution is 2.18. The van der Waals surface area contributed by atoms with Crippen LogP contribution in [-0.2, 0) is 9.59 Å². The quantitative estimate of drug-likeness (QED) is 0.618. The topological polar surface area (TPSA) is 101 Å². The molecule has 0 aliphatic heterocycles. The molecule has 0 aromatic carbocycles. The van der Waals surface area contributed by atoms with Crippen molar-refractivity contribution < 1.29 is 24.6 Å². The Balaban J connectivity index is 2.29. The van der Waals surface area contributed by atoms with Crippen LogP contribution in [0.1, 0.15) is 19.3 Å². The van der Waals surface area contributed by atoms with Gasteiger partial charge >= 0.3 is 5.97 Å². The Kier molecular flexibility index (Phi) is 5.46. The average Bonchev–Trinajstić information content (AvgIpc) is 2.68. The van der Waals surface area contributed by atoms with E-state index in [1.54, 1.807) is 6.08 Å². The van der Waals surface area contributed by atoms with Gasteiger partial charge in [-0.3, -0.25) is 4.79 Å². The van der Waals surface area contributed by atoms with Gasteiger partial charge in [0, 0.05) is 31.5 Å². The molecule has 0 aliphatic rings. The minimum Gasteiger partial charge on any atom is -0.492 e. The van der Waals surface area contributed by atoms with Crippen molar-refractivity contribution in [1.29, 1.82) is 0 Å². The highest BCUT2D eigenvalue weighted by Gasteiger charge is 2.12. The Labute approximate surface area is 110 Å². The lowest BCUT2D eigenvalue weighted by Crippen LogP contribution is -2.24. The molecule has 1 amide bonds. The molecule has 1 aromatic rings. The highest BCUT2D eigenvalue weighted by molar-refractivity contribution is 5.77. The fraction of sp³-hybridized carbons (Fsp3) is 0.333. The van der Waals surface area contributed by atoms with Crippen LogP contribution < -0.4 is 10.2 Å². The lowest BCUT2D eigenvalue weighted by molar-refractivity contribution is -0.145. The van der Waals surface area contributed by atoms with Crippen LogP contribution >= 0.6 is 0 Å². The van der Waals surface area contributed by atoms with Gasteiger partial charge in [0.05, 0.1) is 0 Å². The van der Waals surface area contributed by atoms with Gasteiger partial charge in [-0.2, -0.15) is 0 Å². The monoisotopic (exact) mass is 268 g/mol. The minimum atomic E-state index is -0.654. The smallest absolute Gasteiger partial charge is 0.333 e. The highest BCUT2D eigenvalue weighted by atomic mass is 16.7. The Morgan fingerprint density at radius 2 is 1.95 bits per heavy atom. The number of hydrogen-bond acceptors (Lipinski definition) is 5. The van der Waals surface area contributed by atoms with Crippen molar-refractivity contribution in [2.24, 2.45) is 0 Å². The molecule has 0 radical (unpaired) electrons. The van der Waals surface area contributed by atoms with E-state index in [9.17, 15) is 19.8 Å². The first kappa shape index (κ1) is 14.6. The lowest BCUT2D eigenvalue weighted by Gasteiger charge is -2.06. The van der Waals surface area contributed by atoms with Crippen molar-refractivity contribution in [2.75, 3.05) is 6.54 Å². The second-order valence-corrected chi connectivity index (χ2v) is 3.75. The van der Waals surface area contributed by atoms with Gasteiger partial charge in [0.1, 0.15) is 0 Å². The molecule has 19 heavy (non-hydrogen) atoms. The number of nitrogens with zero attached hydrogens (tertiary/aromatic N) is 1. The Bertz CT molecular complexity index is 447. The van der Waals surface area contributed by atoms with Crippen LogP contribution in [0.5, 0.6) is 11.8 Å². The van der Waals surface area contributed by atoms with Gasteiger partial charge in [0.2, 0.25) is 17.7 Å². The van der Waals surface area contributed by atoms with E-state index in [1.165, 1.54) is 12.1 Å². The SMILES string of the molecule is C=CCNC(=O)CCCC(=O)On1c(O)ccc1O. The molecule has 0 fully saturated rings. The summed E-state index contributed by atoms with van der Waals surface area (Å²) in [6, 6.07) is 2.37. The summed E-state index contributed by atoms with van der Waals surface area (Å²) in [6.07, 6.45) is 2.06. The second kappa shape index (κ2) is 7.10. The molecule has 7 heteroatoms. The van der Waals surface area contributed by atoms with Gasteiger partial charge < -0.3 is 20.4 Å². The Morgan fingerprint density at radius 3 is 2.53 bits per heavy atom. The van der Waals surface area contributed by atoms with E-state index in [1.807, 2.05) is 0 Å². The summed E-state index contributed by atoms with van der Waals surface area (Å²) in [5.41, 5.74) is 0. The largest absolute Gasteiger partial charge is 0.492 e. The third-order valence-electron chi connectivity index (χ3n) is 2.22. The Hall–Kier alpha value is -2.44. The van der Waals surface area contributed by atoms with E-state index in [0.29, 0.717) is 17.7 Å². The van der Waals surface area contributed by atoms with E-state index in [-0.39, 0.29) is 30.5 Å². The van der Waals surface area contributed by atoms with Crippen LogP contribution in [0.25, 0.3) is 0 Å². The number of aromatic nitrogens is 1. The van der Waals surface area contributed by atoms with Gasteiger partial charge in [-0.15, -0.1) is 11.3 Å². The molecule has 0 aliphatic carbocycles. The first-order chi connectivity index (χ1) is 9.04. The van der Waals surface area contributed by atoms with Crippen LogP contribution in [0.3, 0.4) is 0 Å². The molecule has 0 unspecified atom stereocenters. The van der Waals surface area contributed by atoms with Crippen LogP contribution in [-0.4, -0.2) is 33.4 Å². The predicted octanol–water partition coefficient (Wildman–Crippen LogP) is 0.327. The van der Waals surface area contributed by atoms with Crippen molar-refractivity contribution in [2.45, 2.75) is 19.3 Å². The van der Waals surface area contributed by atoms with Crippen LogP contribution in [0.15, 0.2) is 24.8 Å². The van der Waals surface area contributed by atoms with Gasteiger partial charge in [-0.1, -0.05) is 6.08 Å². The van der Waals surface area contributed by atoms with E-state index < -0.39 is 5.97 Å². The maximum Gasteiger partial charge on any atom is 0.333 e. The molecule has 0 bridgehead atoms.